The van der Waals surface area contributed by atoms with Crippen LogP contribution in [-0.2, 0) is 14.8 Å². The van der Waals surface area contributed by atoms with E-state index in [1.54, 1.807) is 6.92 Å². The summed E-state index contributed by atoms with van der Waals surface area (Å²) in [4.78, 5) is 20.7. The molecule has 1 N–H and O–H groups in total. The topological polar surface area (TPSA) is 95.5 Å². The molecule has 0 bridgehead atoms. The minimum absolute atomic E-state index is 0.0398. The number of aromatic nitrogens is 2. The van der Waals surface area contributed by atoms with Gasteiger partial charge in [0.2, 0.25) is 6.08 Å². The minimum Gasteiger partial charge on any atom is -0.332 e. The van der Waals surface area contributed by atoms with Crippen molar-refractivity contribution in [1.29, 1.82) is 0 Å². The predicted octanol–water partition coefficient (Wildman–Crippen LogP) is 0.945. The first-order chi connectivity index (χ1) is 9.05. The molecule has 1 atom stereocenters. The van der Waals surface area contributed by atoms with E-state index in [1.807, 2.05) is 0 Å². The molecular weight excluding hydrogens is 268 g/mol. The third-order valence-electron chi connectivity index (χ3n) is 3.14. The fourth-order valence-corrected chi connectivity index (χ4v) is 3.75. The Morgan fingerprint density at radius 2 is 2.26 bits per heavy atom. The van der Waals surface area contributed by atoms with Crippen LogP contribution in [0.25, 0.3) is 0 Å². The molecule has 1 unspecified atom stereocenters. The molecule has 1 saturated heterocycles. The SMILES string of the molecule is Cc1ncc(S(=O)(=O)N2CCCCCC2N=C=O)[nH]1. The smallest absolute Gasteiger partial charge is 0.261 e. The van der Waals surface area contributed by atoms with Crippen molar-refractivity contribution >= 4 is 16.1 Å². The molecule has 2 heterocycles. The summed E-state index contributed by atoms with van der Waals surface area (Å²) < 4.78 is 26.3. The van der Waals surface area contributed by atoms with Crippen LogP contribution in [0.3, 0.4) is 0 Å². The molecule has 1 aliphatic rings. The lowest BCUT2D eigenvalue weighted by molar-refractivity contribution is 0.329. The van der Waals surface area contributed by atoms with Crippen molar-refractivity contribution in [3.63, 3.8) is 0 Å². The normalized spacial score (nSPS) is 21.6. The highest BCUT2D eigenvalue weighted by Crippen LogP contribution is 2.24. The van der Waals surface area contributed by atoms with Crippen LogP contribution in [0, 0.1) is 6.92 Å². The zero-order chi connectivity index (χ0) is 13.9. The molecular formula is C11H16N4O3S. The Kier molecular flexibility index (Phi) is 4.14. The first kappa shape index (κ1) is 13.9. The summed E-state index contributed by atoms with van der Waals surface area (Å²) in [6, 6.07) is 0. The van der Waals surface area contributed by atoms with Crippen molar-refractivity contribution in [3.05, 3.63) is 12.0 Å². The van der Waals surface area contributed by atoms with Gasteiger partial charge in [0.15, 0.2) is 5.03 Å². The van der Waals surface area contributed by atoms with E-state index in [4.69, 9.17) is 0 Å². The van der Waals surface area contributed by atoms with Gasteiger partial charge in [-0.05, 0) is 26.2 Å². The second-order valence-electron chi connectivity index (χ2n) is 4.50. The molecule has 104 valence electrons. The monoisotopic (exact) mass is 284 g/mol. The van der Waals surface area contributed by atoms with E-state index >= 15 is 0 Å². The molecule has 0 spiro atoms. The summed E-state index contributed by atoms with van der Waals surface area (Å²) in [5.41, 5.74) is 0. The summed E-state index contributed by atoms with van der Waals surface area (Å²) in [5.74, 6) is 0.531. The molecule has 19 heavy (non-hydrogen) atoms. The number of isocyanates is 1. The number of carbonyl (C=O) groups excluding carboxylic acids is 1. The lowest BCUT2D eigenvalue weighted by Gasteiger charge is -2.24. The van der Waals surface area contributed by atoms with Gasteiger partial charge >= 0.3 is 0 Å². The van der Waals surface area contributed by atoms with E-state index in [-0.39, 0.29) is 5.03 Å². The van der Waals surface area contributed by atoms with E-state index in [0.29, 0.717) is 18.8 Å². The van der Waals surface area contributed by atoms with Crippen LogP contribution in [0.4, 0.5) is 0 Å². The maximum atomic E-state index is 12.5. The van der Waals surface area contributed by atoms with Crippen molar-refractivity contribution in [2.75, 3.05) is 6.54 Å². The Bertz CT molecular complexity index is 589. The molecule has 1 fully saturated rings. The summed E-state index contributed by atoms with van der Waals surface area (Å²) in [7, 11) is -3.69. The number of rotatable bonds is 3. The highest BCUT2D eigenvalue weighted by atomic mass is 32.2. The minimum atomic E-state index is -3.69. The first-order valence-electron chi connectivity index (χ1n) is 6.16. The van der Waals surface area contributed by atoms with Gasteiger partial charge in [-0.15, -0.1) is 0 Å². The maximum absolute atomic E-state index is 12.5. The second kappa shape index (κ2) is 5.64. The number of aryl methyl sites for hydroxylation is 1. The van der Waals surface area contributed by atoms with Gasteiger partial charge in [0.1, 0.15) is 12.0 Å². The van der Waals surface area contributed by atoms with E-state index in [2.05, 4.69) is 15.0 Å². The van der Waals surface area contributed by atoms with Gasteiger partial charge in [0, 0.05) is 6.54 Å². The lowest BCUT2D eigenvalue weighted by Crippen LogP contribution is -2.39. The van der Waals surface area contributed by atoms with Gasteiger partial charge in [-0.25, -0.2) is 18.2 Å². The van der Waals surface area contributed by atoms with Crippen molar-refractivity contribution in [1.82, 2.24) is 14.3 Å². The summed E-state index contributed by atoms with van der Waals surface area (Å²) in [5, 5.41) is 0.0398. The molecule has 8 heteroatoms. The fourth-order valence-electron chi connectivity index (χ4n) is 2.19. The van der Waals surface area contributed by atoms with Gasteiger partial charge in [0.25, 0.3) is 10.0 Å². The highest BCUT2D eigenvalue weighted by Gasteiger charge is 2.33. The van der Waals surface area contributed by atoms with Crippen LogP contribution in [0.15, 0.2) is 16.2 Å². The quantitative estimate of drug-likeness (QED) is 0.660. The van der Waals surface area contributed by atoms with E-state index in [1.165, 1.54) is 16.6 Å². The molecule has 1 aromatic rings. The standard InChI is InChI=1S/C11H16N4O3S/c1-9-12-7-11(14-9)19(17,18)15-6-4-2-3-5-10(15)13-8-16/h7,10H,2-6H2,1H3,(H,12,14). The zero-order valence-corrected chi connectivity index (χ0v) is 11.5. The van der Waals surface area contributed by atoms with Gasteiger partial charge < -0.3 is 4.98 Å². The average molecular weight is 284 g/mol. The van der Waals surface area contributed by atoms with Crippen molar-refractivity contribution in [2.24, 2.45) is 4.99 Å². The predicted molar refractivity (Wildman–Crippen MR) is 67.6 cm³/mol. The molecule has 7 nitrogen and oxygen atoms in total. The number of nitrogens with one attached hydrogen (secondary N) is 1. The van der Waals surface area contributed by atoms with Crippen LogP contribution in [0.5, 0.6) is 0 Å². The Labute approximate surface area is 111 Å². The number of imidazole rings is 1. The number of hydrogen-bond donors (Lipinski definition) is 1. The van der Waals surface area contributed by atoms with Crippen LogP contribution < -0.4 is 0 Å². The van der Waals surface area contributed by atoms with Crippen molar-refractivity contribution < 1.29 is 13.2 Å². The molecule has 1 aliphatic heterocycles. The molecule has 0 aliphatic carbocycles. The summed E-state index contributed by atoms with van der Waals surface area (Å²) >= 11 is 0. The van der Waals surface area contributed by atoms with E-state index in [0.717, 1.165) is 19.3 Å². The van der Waals surface area contributed by atoms with E-state index < -0.39 is 16.2 Å². The number of hydrogen-bond acceptors (Lipinski definition) is 5. The van der Waals surface area contributed by atoms with Crippen LogP contribution in [0.2, 0.25) is 0 Å². The third-order valence-corrected chi connectivity index (χ3v) is 4.95. The van der Waals surface area contributed by atoms with Gasteiger partial charge in [-0.1, -0.05) is 6.42 Å². The van der Waals surface area contributed by atoms with E-state index in [9.17, 15) is 13.2 Å². The molecule has 0 radical (unpaired) electrons. The number of aromatic amines is 1. The number of aliphatic imine (C=N–C) groups is 1. The van der Waals surface area contributed by atoms with Gasteiger partial charge in [-0.2, -0.15) is 9.30 Å². The number of nitrogens with zero attached hydrogens (tertiary/aromatic N) is 3. The third kappa shape index (κ3) is 2.91. The highest BCUT2D eigenvalue weighted by molar-refractivity contribution is 7.89. The van der Waals surface area contributed by atoms with Crippen LogP contribution >= 0.6 is 0 Å². The fraction of sp³-hybridized carbons (Fsp3) is 0.636. The largest absolute Gasteiger partial charge is 0.332 e. The number of H-pyrrole nitrogens is 1. The Hall–Kier alpha value is -1.50. The van der Waals surface area contributed by atoms with Gasteiger partial charge in [0.05, 0.1) is 6.20 Å². The average Bonchev–Trinajstić information content (AvgIpc) is 2.67. The van der Waals surface area contributed by atoms with Gasteiger partial charge in [-0.3, -0.25) is 0 Å². The second-order valence-corrected chi connectivity index (χ2v) is 6.36. The summed E-state index contributed by atoms with van der Waals surface area (Å²) in [6.07, 6.45) is 5.18. The molecule has 1 aromatic heterocycles. The Morgan fingerprint density at radius 1 is 1.47 bits per heavy atom. The Balaban J connectivity index is 2.37. The van der Waals surface area contributed by atoms with Crippen LogP contribution in [0.1, 0.15) is 31.5 Å². The molecule has 0 aromatic carbocycles. The Morgan fingerprint density at radius 3 is 2.89 bits per heavy atom. The molecule has 0 saturated carbocycles. The van der Waals surface area contributed by atoms with Crippen molar-refractivity contribution in [3.8, 4) is 0 Å². The van der Waals surface area contributed by atoms with Crippen molar-refractivity contribution in [2.45, 2.75) is 43.8 Å². The number of sulfonamides is 1. The first-order valence-corrected chi connectivity index (χ1v) is 7.60. The zero-order valence-electron chi connectivity index (χ0n) is 10.7. The summed E-state index contributed by atoms with van der Waals surface area (Å²) in [6.45, 7) is 2.04. The van der Waals surface area contributed by atoms with Crippen LogP contribution in [-0.4, -0.2) is 41.5 Å². The molecule has 0 amide bonds. The molecule has 2 rings (SSSR count). The lowest BCUT2D eigenvalue weighted by atomic mass is 10.2. The maximum Gasteiger partial charge on any atom is 0.261 e.